The molecule has 3 aromatic carbocycles. The molecule has 0 aliphatic rings. The summed E-state index contributed by atoms with van der Waals surface area (Å²) in [5.41, 5.74) is 1.81. The normalized spacial score (nSPS) is 13.5. The summed E-state index contributed by atoms with van der Waals surface area (Å²) in [6.07, 6.45) is -0.582. The van der Waals surface area contributed by atoms with Gasteiger partial charge in [-0.15, -0.1) is 0 Å². The lowest BCUT2D eigenvalue weighted by atomic mass is 9.97. The number of hydrogen-bond acceptors (Lipinski definition) is 5. The lowest BCUT2D eigenvalue weighted by molar-refractivity contribution is -0.140. The van der Waals surface area contributed by atoms with Crippen LogP contribution >= 0.6 is 0 Å². The molecule has 4 N–H and O–H groups in total. The van der Waals surface area contributed by atoms with Crippen molar-refractivity contribution in [2.75, 3.05) is 6.54 Å². The second-order valence-corrected chi connectivity index (χ2v) is 11.3. The van der Waals surface area contributed by atoms with Gasteiger partial charge in [-0.25, -0.2) is 0 Å². The Morgan fingerprint density at radius 1 is 0.902 bits per heavy atom. The Morgan fingerprint density at radius 3 is 2.10 bits per heavy atom. The van der Waals surface area contributed by atoms with Gasteiger partial charge in [0.2, 0.25) is 11.8 Å². The van der Waals surface area contributed by atoms with Crippen LogP contribution in [0.2, 0.25) is 0 Å². The van der Waals surface area contributed by atoms with Gasteiger partial charge >= 0.3 is 0 Å². The second-order valence-electron chi connectivity index (χ2n) is 11.3. The number of nitrogens with zero attached hydrogens (tertiary/aromatic N) is 1. The van der Waals surface area contributed by atoms with Gasteiger partial charge in [-0.3, -0.25) is 14.4 Å². The van der Waals surface area contributed by atoms with E-state index >= 15 is 0 Å². The number of rotatable bonds is 11. The van der Waals surface area contributed by atoms with Crippen LogP contribution in [0.25, 0.3) is 0 Å². The Kier molecular flexibility index (Phi) is 10.7. The van der Waals surface area contributed by atoms with E-state index in [2.05, 4.69) is 10.6 Å². The monoisotopic (exact) mass is 559 g/mol. The SMILES string of the molecule is CC(=O)N(CCC(O)[C@H](Cc1ccccc1)NC(=O)c1cccc(O)c1C)[C@H](C(=O)NC(C)(C)C)c1ccccc1. The number of benzene rings is 3. The van der Waals surface area contributed by atoms with Gasteiger partial charge in [0.1, 0.15) is 11.8 Å². The quantitative estimate of drug-likeness (QED) is 0.279. The minimum atomic E-state index is -1.04. The molecule has 0 aromatic heterocycles. The van der Waals surface area contributed by atoms with E-state index in [4.69, 9.17) is 0 Å². The Hall–Kier alpha value is -4.17. The Labute approximate surface area is 242 Å². The zero-order chi connectivity index (χ0) is 30.2. The molecular formula is C33H41N3O5. The molecule has 0 aliphatic carbocycles. The summed E-state index contributed by atoms with van der Waals surface area (Å²) in [7, 11) is 0. The molecule has 3 atom stereocenters. The molecule has 0 saturated carbocycles. The van der Waals surface area contributed by atoms with Crippen molar-refractivity contribution in [1.29, 1.82) is 0 Å². The summed E-state index contributed by atoms with van der Waals surface area (Å²) in [4.78, 5) is 41.0. The number of phenolic OH excluding ortho intramolecular Hbond substituents is 1. The van der Waals surface area contributed by atoms with E-state index in [1.165, 1.54) is 17.9 Å². The van der Waals surface area contributed by atoms with Crippen LogP contribution < -0.4 is 10.6 Å². The molecule has 41 heavy (non-hydrogen) atoms. The predicted molar refractivity (Wildman–Crippen MR) is 159 cm³/mol. The molecule has 0 radical (unpaired) electrons. The molecule has 8 nitrogen and oxygen atoms in total. The van der Waals surface area contributed by atoms with Gasteiger partial charge in [-0.1, -0.05) is 66.7 Å². The third-order valence-corrected chi connectivity index (χ3v) is 6.87. The van der Waals surface area contributed by atoms with E-state index in [1.54, 1.807) is 31.2 Å². The molecule has 1 unspecified atom stereocenters. The van der Waals surface area contributed by atoms with Crippen LogP contribution in [-0.2, 0) is 16.0 Å². The van der Waals surface area contributed by atoms with E-state index in [0.717, 1.165) is 5.56 Å². The fraction of sp³-hybridized carbons (Fsp3) is 0.364. The van der Waals surface area contributed by atoms with E-state index in [1.807, 2.05) is 69.3 Å². The number of phenols is 1. The smallest absolute Gasteiger partial charge is 0.252 e. The number of carbonyl (C=O) groups excluding carboxylic acids is 3. The van der Waals surface area contributed by atoms with Crippen LogP contribution in [0.5, 0.6) is 5.75 Å². The number of amides is 3. The Morgan fingerprint density at radius 2 is 1.51 bits per heavy atom. The third kappa shape index (κ3) is 8.91. The summed E-state index contributed by atoms with van der Waals surface area (Å²) in [6.45, 7) is 8.77. The van der Waals surface area contributed by atoms with Gasteiger partial charge in [0.15, 0.2) is 0 Å². The van der Waals surface area contributed by atoms with Crippen LogP contribution in [0.1, 0.15) is 67.2 Å². The zero-order valence-electron chi connectivity index (χ0n) is 24.4. The van der Waals surface area contributed by atoms with Crippen LogP contribution in [0.3, 0.4) is 0 Å². The number of carbonyl (C=O) groups is 3. The van der Waals surface area contributed by atoms with Gasteiger partial charge in [0.05, 0.1) is 12.1 Å². The van der Waals surface area contributed by atoms with Gasteiger partial charge in [-0.05, 0) is 63.8 Å². The molecule has 8 heteroatoms. The summed E-state index contributed by atoms with van der Waals surface area (Å²) in [6, 6.07) is 21.7. The average molecular weight is 560 g/mol. The highest BCUT2D eigenvalue weighted by atomic mass is 16.3. The highest BCUT2D eigenvalue weighted by Crippen LogP contribution is 2.24. The number of nitrogens with one attached hydrogen (secondary N) is 2. The third-order valence-electron chi connectivity index (χ3n) is 6.87. The highest BCUT2D eigenvalue weighted by Gasteiger charge is 2.33. The topological polar surface area (TPSA) is 119 Å². The lowest BCUT2D eigenvalue weighted by Gasteiger charge is -2.34. The maximum Gasteiger partial charge on any atom is 0.252 e. The molecule has 0 saturated heterocycles. The molecular weight excluding hydrogens is 518 g/mol. The molecule has 0 aliphatic heterocycles. The minimum absolute atomic E-state index is 0.00963. The highest BCUT2D eigenvalue weighted by molar-refractivity contribution is 5.96. The van der Waals surface area contributed by atoms with Gasteiger partial charge in [0.25, 0.3) is 5.91 Å². The first kappa shape index (κ1) is 31.4. The summed E-state index contributed by atoms with van der Waals surface area (Å²) < 4.78 is 0. The van der Waals surface area contributed by atoms with Crippen LogP contribution in [0, 0.1) is 6.92 Å². The first-order chi connectivity index (χ1) is 19.4. The standard InChI is InChI=1S/C33H41N3O5/c1-22-26(17-12-18-28(22)38)31(40)34-27(21-24-13-8-6-9-14-24)29(39)19-20-36(23(2)37)30(25-15-10-7-11-16-25)32(41)35-33(3,4)5/h6-18,27,29-30,38-39H,19-21H2,1-5H3,(H,34,40)(H,35,41)/t27-,29?,30-/m0/s1. The number of hydrogen-bond donors (Lipinski definition) is 4. The van der Waals surface area contributed by atoms with Crippen molar-refractivity contribution in [3.8, 4) is 5.75 Å². The Bertz CT molecular complexity index is 1320. The van der Waals surface area contributed by atoms with E-state index < -0.39 is 29.6 Å². The van der Waals surface area contributed by atoms with Crippen molar-refractivity contribution in [3.05, 3.63) is 101 Å². The fourth-order valence-electron chi connectivity index (χ4n) is 4.75. The lowest BCUT2D eigenvalue weighted by Crippen LogP contribution is -2.50. The fourth-order valence-corrected chi connectivity index (χ4v) is 4.75. The van der Waals surface area contributed by atoms with Crippen LogP contribution in [0.4, 0.5) is 0 Å². The number of aliphatic hydroxyl groups excluding tert-OH is 1. The van der Waals surface area contributed by atoms with Crippen molar-refractivity contribution in [3.63, 3.8) is 0 Å². The Balaban J connectivity index is 1.86. The van der Waals surface area contributed by atoms with Crippen molar-refractivity contribution in [1.82, 2.24) is 15.5 Å². The summed E-state index contributed by atoms with van der Waals surface area (Å²) >= 11 is 0. The van der Waals surface area contributed by atoms with Crippen LogP contribution in [0.15, 0.2) is 78.9 Å². The molecule has 218 valence electrons. The second kappa shape index (κ2) is 13.9. The molecule has 3 aromatic rings. The molecule has 3 amide bonds. The summed E-state index contributed by atoms with van der Waals surface area (Å²) in [5.74, 6) is -1.04. The number of aliphatic hydroxyl groups is 1. The van der Waals surface area contributed by atoms with Crippen LogP contribution in [-0.4, -0.2) is 57.1 Å². The summed E-state index contributed by atoms with van der Waals surface area (Å²) in [5, 5.41) is 27.4. The first-order valence-electron chi connectivity index (χ1n) is 13.8. The molecule has 0 bridgehead atoms. The van der Waals surface area contributed by atoms with E-state index in [9.17, 15) is 24.6 Å². The maximum absolute atomic E-state index is 13.4. The zero-order valence-corrected chi connectivity index (χ0v) is 24.4. The molecule has 3 rings (SSSR count). The molecule has 0 fully saturated rings. The van der Waals surface area contributed by atoms with Crippen molar-refractivity contribution in [2.45, 2.75) is 71.2 Å². The predicted octanol–water partition coefficient (Wildman–Crippen LogP) is 4.30. The van der Waals surface area contributed by atoms with Crippen molar-refractivity contribution in [2.24, 2.45) is 0 Å². The van der Waals surface area contributed by atoms with Crippen molar-refractivity contribution < 1.29 is 24.6 Å². The van der Waals surface area contributed by atoms with Gasteiger partial charge in [0, 0.05) is 30.1 Å². The van der Waals surface area contributed by atoms with E-state index in [0.29, 0.717) is 23.1 Å². The van der Waals surface area contributed by atoms with Gasteiger partial charge < -0.3 is 25.7 Å². The minimum Gasteiger partial charge on any atom is -0.508 e. The van der Waals surface area contributed by atoms with E-state index in [-0.39, 0.29) is 30.5 Å². The van der Waals surface area contributed by atoms with Gasteiger partial charge in [-0.2, -0.15) is 0 Å². The van der Waals surface area contributed by atoms with Crippen molar-refractivity contribution >= 4 is 17.7 Å². The maximum atomic E-state index is 13.4. The molecule has 0 heterocycles. The average Bonchev–Trinajstić information content (AvgIpc) is 2.91. The largest absolute Gasteiger partial charge is 0.508 e. The molecule has 0 spiro atoms. The number of aromatic hydroxyl groups is 1. The first-order valence-corrected chi connectivity index (χ1v) is 13.8.